The number of hydrogen-bond donors (Lipinski definition) is 2. The quantitative estimate of drug-likeness (QED) is 0.452. The van der Waals surface area contributed by atoms with Gasteiger partial charge in [0.2, 0.25) is 5.91 Å². The van der Waals surface area contributed by atoms with Crippen molar-refractivity contribution in [2.24, 2.45) is 0 Å². The molecule has 0 heterocycles. The number of hydrogen-bond acceptors (Lipinski definition) is 6. The van der Waals surface area contributed by atoms with E-state index in [2.05, 4.69) is 10.6 Å². The molecule has 0 radical (unpaired) electrons. The number of carbonyl (C=O) groups excluding carboxylic acids is 4. The van der Waals surface area contributed by atoms with Crippen molar-refractivity contribution in [2.75, 3.05) is 19.8 Å². The number of likely N-dealkylation sites (N-methyl/N-ethyl adjacent to an activating group) is 1. The van der Waals surface area contributed by atoms with E-state index in [1.54, 1.807) is 55.5 Å². The van der Waals surface area contributed by atoms with E-state index < -0.39 is 31.1 Å². The van der Waals surface area contributed by atoms with E-state index >= 15 is 0 Å². The van der Waals surface area contributed by atoms with Crippen LogP contribution in [0.4, 0.5) is 0 Å². The minimum Gasteiger partial charge on any atom is -0.482 e. The van der Waals surface area contributed by atoms with Crippen LogP contribution >= 0.6 is 0 Å². The first-order valence-corrected chi connectivity index (χ1v) is 9.46. The van der Waals surface area contributed by atoms with Crippen LogP contribution in [0.15, 0.2) is 54.6 Å². The van der Waals surface area contributed by atoms with Gasteiger partial charge in [-0.05, 0) is 38.1 Å². The molecular weight excluding hydrogens is 388 g/mol. The third-order valence-corrected chi connectivity index (χ3v) is 4.00. The lowest BCUT2D eigenvalue weighted by Crippen LogP contribution is -2.46. The molecule has 2 N–H and O–H groups in total. The summed E-state index contributed by atoms with van der Waals surface area (Å²) in [5, 5.41) is 4.99. The topological polar surface area (TPSA) is 111 Å². The SMILES string of the molecule is CCNC(=O)[C@@H](C)NC(=O)COC(=O)COc1ccc(C(=O)c2ccccc2)cc1. The van der Waals surface area contributed by atoms with Crippen molar-refractivity contribution < 1.29 is 28.7 Å². The first kappa shape index (κ1) is 22.6. The first-order chi connectivity index (χ1) is 14.4. The molecule has 0 fully saturated rings. The van der Waals surface area contributed by atoms with Gasteiger partial charge in [-0.3, -0.25) is 14.4 Å². The second-order valence-electron chi connectivity index (χ2n) is 6.35. The fraction of sp³-hybridized carbons (Fsp3) is 0.273. The minimum atomic E-state index is -0.736. The van der Waals surface area contributed by atoms with E-state index in [4.69, 9.17) is 9.47 Å². The maximum Gasteiger partial charge on any atom is 0.344 e. The van der Waals surface area contributed by atoms with E-state index in [1.165, 1.54) is 6.92 Å². The van der Waals surface area contributed by atoms with Crippen molar-refractivity contribution in [1.82, 2.24) is 10.6 Å². The lowest BCUT2D eigenvalue weighted by atomic mass is 10.0. The van der Waals surface area contributed by atoms with Crippen LogP contribution in [0.1, 0.15) is 29.8 Å². The highest BCUT2D eigenvalue weighted by molar-refractivity contribution is 6.09. The number of carbonyl (C=O) groups is 4. The molecule has 1 atom stereocenters. The second-order valence-corrected chi connectivity index (χ2v) is 6.35. The van der Waals surface area contributed by atoms with E-state index in [-0.39, 0.29) is 11.7 Å². The van der Waals surface area contributed by atoms with Crippen LogP contribution in [0.2, 0.25) is 0 Å². The minimum absolute atomic E-state index is 0.116. The Balaban J connectivity index is 1.75. The molecule has 0 bridgehead atoms. The van der Waals surface area contributed by atoms with E-state index in [0.29, 0.717) is 23.4 Å². The zero-order valence-electron chi connectivity index (χ0n) is 16.8. The molecular formula is C22H24N2O6. The fourth-order valence-electron chi connectivity index (χ4n) is 2.46. The van der Waals surface area contributed by atoms with Gasteiger partial charge in [-0.15, -0.1) is 0 Å². The Morgan fingerprint density at radius 2 is 1.53 bits per heavy atom. The summed E-state index contributed by atoms with van der Waals surface area (Å²) >= 11 is 0. The van der Waals surface area contributed by atoms with Crippen molar-refractivity contribution in [1.29, 1.82) is 0 Å². The smallest absolute Gasteiger partial charge is 0.344 e. The number of nitrogens with one attached hydrogen (secondary N) is 2. The molecule has 0 aromatic heterocycles. The number of rotatable bonds is 10. The lowest BCUT2D eigenvalue weighted by molar-refractivity contribution is -0.150. The molecule has 0 saturated carbocycles. The molecule has 2 amide bonds. The van der Waals surface area contributed by atoms with Gasteiger partial charge in [0.05, 0.1) is 0 Å². The van der Waals surface area contributed by atoms with Crippen LogP contribution < -0.4 is 15.4 Å². The molecule has 0 unspecified atom stereocenters. The van der Waals surface area contributed by atoms with Crippen LogP contribution in [0.25, 0.3) is 0 Å². The first-order valence-electron chi connectivity index (χ1n) is 9.46. The number of amides is 2. The Labute approximate surface area is 174 Å². The highest BCUT2D eigenvalue weighted by Crippen LogP contribution is 2.15. The van der Waals surface area contributed by atoms with Gasteiger partial charge in [0.1, 0.15) is 11.8 Å². The zero-order chi connectivity index (χ0) is 21.9. The molecule has 2 rings (SSSR count). The van der Waals surface area contributed by atoms with Crippen LogP contribution in [-0.2, 0) is 19.1 Å². The summed E-state index contributed by atoms with van der Waals surface area (Å²) in [5.41, 5.74) is 1.07. The number of ketones is 1. The van der Waals surface area contributed by atoms with Gasteiger partial charge in [0.15, 0.2) is 19.0 Å². The van der Waals surface area contributed by atoms with Gasteiger partial charge in [0, 0.05) is 17.7 Å². The third kappa shape index (κ3) is 7.05. The monoisotopic (exact) mass is 412 g/mol. The maximum absolute atomic E-state index is 12.3. The van der Waals surface area contributed by atoms with E-state index in [1.807, 2.05) is 6.07 Å². The average molecular weight is 412 g/mol. The largest absolute Gasteiger partial charge is 0.482 e. The summed E-state index contributed by atoms with van der Waals surface area (Å²) in [6.45, 7) is 2.83. The molecule has 0 aliphatic carbocycles. The molecule has 0 spiro atoms. The molecule has 0 saturated heterocycles. The van der Waals surface area contributed by atoms with Crippen LogP contribution in [0.5, 0.6) is 5.75 Å². The Kier molecular flexibility index (Phi) is 8.56. The molecule has 0 aliphatic rings. The van der Waals surface area contributed by atoms with Gasteiger partial charge in [0.25, 0.3) is 5.91 Å². The summed E-state index contributed by atoms with van der Waals surface area (Å²) in [6, 6.07) is 14.5. The number of esters is 1. The Morgan fingerprint density at radius 3 is 2.17 bits per heavy atom. The highest BCUT2D eigenvalue weighted by Gasteiger charge is 2.16. The molecule has 2 aromatic rings. The molecule has 8 heteroatoms. The summed E-state index contributed by atoms with van der Waals surface area (Å²) in [5.74, 6) is -1.39. The number of benzene rings is 2. The Morgan fingerprint density at radius 1 is 0.900 bits per heavy atom. The summed E-state index contributed by atoms with van der Waals surface area (Å²) in [4.78, 5) is 47.4. The molecule has 8 nitrogen and oxygen atoms in total. The zero-order valence-corrected chi connectivity index (χ0v) is 16.8. The van der Waals surface area contributed by atoms with Crippen molar-refractivity contribution in [2.45, 2.75) is 19.9 Å². The Hall–Kier alpha value is -3.68. The van der Waals surface area contributed by atoms with Crippen molar-refractivity contribution in [3.63, 3.8) is 0 Å². The third-order valence-electron chi connectivity index (χ3n) is 4.00. The number of ether oxygens (including phenoxy) is 2. The molecule has 158 valence electrons. The van der Waals surface area contributed by atoms with Gasteiger partial charge in [-0.2, -0.15) is 0 Å². The summed E-state index contributed by atoms with van der Waals surface area (Å²) < 4.78 is 10.1. The lowest BCUT2D eigenvalue weighted by Gasteiger charge is -2.13. The Bertz CT molecular complexity index is 880. The van der Waals surface area contributed by atoms with Crippen LogP contribution in [-0.4, -0.2) is 49.4 Å². The summed E-state index contributed by atoms with van der Waals surface area (Å²) in [7, 11) is 0. The van der Waals surface area contributed by atoms with Gasteiger partial charge < -0.3 is 20.1 Å². The molecule has 2 aromatic carbocycles. The van der Waals surface area contributed by atoms with Crippen molar-refractivity contribution in [3.05, 3.63) is 65.7 Å². The molecule has 0 aliphatic heterocycles. The van der Waals surface area contributed by atoms with Gasteiger partial charge in [-0.25, -0.2) is 4.79 Å². The predicted octanol–water partition coefficient (Wildman–Crippen LogP) is 1.48. The standard InChI is InChI=1S/C22H24N2O6/c1-3-23-22(28)15(2)24-19(25)13-30-20(26)14-29-18-11-9-17(10-12-18)21(27)16-7-5-4-6-8-16/h4-12,15H,3,13-14H2,1-2H3,(H,23,28)(H,24,25)/t15-/m1/s1. The fourth-order valence-corrected chi connectivity index (χ4v) is 2.46. The van der Waals surface area contributed by atoms with Gasteiger partial charge >= 0.3 is 5.97 Å². The van der Waals surface area contributed by atoms with Gasteiger partial charge in [-0.1, -0.05) is 30.3 Å². The highest BCUT2D eigenvalue weighted by atomic mass is 16.6. The van der Waals surface area contributed by atoms with E-state index in [0.717, 1.165) is 0 Å². The average Bonchev–Trinajstić information content (AvgIpc) is 2.76. The maximum atomic E-state index is 12.3. The molecule has 30 heavy (non-hydrogen) atoms. The normalized spacial score (nSPS) is 11.1. The second kappa shape index (κ2) is 11.4. The van der Waals surface area contributed by atoms with E-state index in [9.17, 15) is 19.2 Å². The van der Waals surface area contributed by atoms with Crippen LogP contribution in [0.3, 0.4) is 0 Å². The predicted molar refractivity (Wildman–Crippen MR) is 109 cm³/mol. The van der Waals surface area contributed by atoms with Crippen molar-refractivity contribution in [3.8, 4) is 5.75 Å². The van der Waals surface area contributed by atoms with Crippen LogP contribution in [0, 0.1) is 0 Å². The summed E-state index contributed by atoms with van der Waals surface area (Å²) in [6.07, 6.45) is 0. The van der Waals surface area contributed by atoms with Crippen molar-refractivity contribution >= 4 is 23.6 Å².